The van der Waals surface area contributed by atoms with Crippen molar-refractivity contribution in [3.63, 3.8) is 0 Å². The Hall–Kier alpha value is -8.67. The van der Waals surface area contributed by atoms with Crippen LogP contribution in [0.3, 0.4) is 0 Å². The number of nitrogens with zero attached hydrogens (tertiary/aromatic N) is 8. The maximum Gasteiger partial charge on any atom is 0.164 e. The van der Waals surface area contributed by atoms with Crippen LogP contribution in [0.15, 0.2) is 224 Å². The van der Waals surface area contributed by atoms with Gasteiger partial charge in [0, 0.05) is 69.9 Å². The van der Waals surface area contributed by atoms with Crippen molar-refractivity contribution in [2.75, 3.05) is 0 Å². The zero-order chi connectivity index (χ0) is 45.8. The van der Waals surface area contributed by atoms with Crippen LogP contribution in [0.5, 0.6) is 0 Å². The summed E-state index contributed by atoms with van der Waals surface area (Å²) >= 11 is 2.34. The molecule has 0 amide bonds. The van der Waals surface area contributed by atoms with Crippen LogP contribution in [-0.4, -0.2) is 39.0 Å². The van der Waals surface area contributed by atoms with Crippen LogP contribution < -0.4 is 0 Å². The molecule has 0 aliphatic carbocycles. The summed E-state index contributed by atoms with van der Waals surface area (Å²) in [6, 6.07) is 77.7. The zero-order valence-electron chi connectivity index (χ0n) is 36.8. The lowest BCUT2D eigenvalue weighted by molar-refractivity contribution is 1.07. The Morgan fingerprint density at radius 2 is 0.565 bits per heavy atom. The Balaban J connectivity index is 0.977. The van der Waals surface area contributed by atoms with Gasteiger partial charge in [-0.2, -0.15) is 0 Å². The van der Waals surface area contributed by atoms with E-state index in [2.05, 4.69) is 159 Å². The van der Waals surface area contributed by atoms with Crippen LogP contribution in [0.25, 0.3) is 123 Å². The number of fused-ring (bicyclic) bond motifs is 6. The number of hydrogen-bond acceptors (Lipinski definition) is 6. The summed E-state index contributed by atoms with van der Waals surface area (Å²) in [6.07, 6.45) is 0. The van der Waals surface area contributed by atoms with Crippen LogP contribution >= 0.6 is 22.6 Å². The van der Waals surface area contributed by atoms with Gasteiger partial charge in [0.1, 0.15) is 0 Å². The largest absolute Gasteiger partial charge is 0.309 e. The van der Waals surface area contributed by atoms with E-state index in [0.717, 1.165) is 91.9 Å². The second kappa shape index (κ2) is 16.9. The van der Waals surface area contributed by atoms with Gasteiger partial charge in [0.2, 0.25) is 0 Å². The van der Waals surface area contributed by atoms with Crippen LogP contribution in [0.2, 0.25) is 0 Å². The number of halogens is 1. The minimum atomic E-state index is 0.609. The Kier molecular flexibility index (Phi) is 9.94. The highest BCUT2D eigenvalue weighted by molar-refractivity contribution is 14.1. The van der Waals surface area contributed by atoms with Gasteiger partial charge in [-0.1, -0.05) is 164 Å². The van der Waals surface area contributed by atoms with Crippen molar-refractivity contribution in [1.29, 1.82) is 0 Å². The smallest absolute Gasteiger partial charge is 0.164 e. The molecule has 0 atom stereocenters. The van der Waals surface area contributed by atoms with E-state index >= 15 is 0 Å². The molecule has 0 saturated heterocycles. The molecule has 4 aromatic heterocycles. The monoisotopic (exact) mass is 996 g/mol. The standard InChI is InChI=1S/C60H37IN8/c61-44-26-14-23-41(33-44)58-63-57(40-21-8-3-9-22-40)66-60(67-58)43-25-16-28-46(35-43)69-52-32-13-11-30-48(52)50-36-53-49(37-54(50)69)47-29-10-12-31-51(47)68(53)45-27-15-24-42(34-45)59-64-55(38-17-4-1-5-18-38)62-56(65-59)39-19-6-2-7-20-39/h1-37H. The third kappa shape index (κ3) is 7.31. The third-order valence-electron chi connectivity index (χ3n) is 12.6. The van der Waals surface area contributed by atoms with E-state index in [1.807, 2.05) is 97.1 Å². The second-order valence-corrected chi connectivity index (χ2v) is 18.2. The molecule has 0 aliphatic heterocycles. The van der Waals surface area contributed by atoms with Gasteiger partial charge < -0.3 is 9.13 Å². The lowest BCUT2D eigenvalue weighted by Gasteiger charge is -2.12. The summed E-state index contributed by atoms with van der Waals surface area (Å²) < 4.78 is 5.85. The van der Waals surface area contributed by atoms with E-state index in [-0.39, 0.29) is 0 Å². The average Bonchev–Trinajstić information content (AvgIpc) is 3.92. The van der Waals surface area contributed by atoms with Gasteiger partial charge in [0.05, 0.1) is 22.1 Å². The highest BCUT2D eigenvalue weighted by Crippen LogP contribution is 2.41. The zero-order valence-corrected chi connectivity index (χ0v) is 39.0. The number of rotatable bonds is 8. The molecule has 0 fully saturated rings. The number of para-hydroxylation sites is 2. The van der Waals surface area contributed by atoms with Gasteiger partial charge in [0.15, 0.2) is 34.9 Å². The summed E-state index contributed by atoms with van der Waals surface area (Å²) in [5, 5.41) is 4.61. The molecule has 0 N–H and O–H groups in total. The van der Waals surface area contributed by atoms with Crippen molar-refractivity contribution >= 4 is 66.2 Å². The van der Waals surface area contributed by atoms with Gasteiger partial charge in [-0.3, -0.25) is 0 Å². The van der Waals surface area contributed by atoms with Crippen LogP contribution in [0.4, 0.5) is 0 Å². The maximum atomic E-state index is 5.11. The van der Waals surface area contributed by atoms with Crippen molar-refractivity contribution < 1.29 is 0 Å². The molecule has 8 nitrogen and oxygen atoms in total. The average molecular weight is 997 g/mol. The van der Waals surface area contributed by atoms with E-state index in [9.17, 15) is 0 Å². The van der Waals surface area contributed by atoms with Gasteiger partial charge in [-0.05, 0) is 83.3 Å². The molecule has 4 heterocycles. The molecule has 0 unspecified atom stereocenters. The molecule has 13 aromatic rings. The molecule has 0 radical (unpaired) electrons. The second-order valence-electron chi connectivity index (χ2n) is 16.9. The Bertz CT molecular complexity index is 4030. The fourth-order valence-electron chi connectivity index (χ4n) is 9.47. The fraction of sp³-hybridized carbons (Fsp3) is 0. The predicted molar refractivity (Wildman–Crippen MR) is 287 cm³/mol. The lowest BCUT2D eigenvalue weighted by atomic mass is 10.1. The number of aromatic nitrogens is 8. The Labute approximate surface area is 410 Å². The molecular formula is C60H37IN8. The number of benzene rings is 9. The van der Waals surface area contributed by atoms with Gasteiger partial charge in [0.25, 0.3) is 0 Å². The summed E-state index contributed by atoms with van der Waals surface area (Å²) in [5.41, 5.74) is 12.0. The molecule has 324 valence electrons. The SMILES string of the molecule is Ic1cccc(-c2nc(-c3ccccc3)nc(-c3cccc(-n4c5ccccc5c5cc6c(cc54)c4ccccc4n6-c4cccc(-c5nc(-c6ccccc6)nc(-c6ccccc6)n5)c4)c3)n2)c1. The predicted octanol–water partition coefficient (Wildman–Crippen LogP) is 14.9. The molecule has 9 aromatic carbocycles. The molecule has 0 spiro atoms. The van der Waals surface area contributed by atoms with E-state index in [1.54, 1.807) is 0 Å². The summed E-state index contributed by atoms with van der Waals surface area (Å²) in [6.45, 7) is 0. The quantitative estimate of drug-likeness (QED) is 0.141. The van der Waals surface area contributed by atoms with Gasteiger partial charge in [-0.25, -0.2) is 29.9 Å². The molecular weight excluding hydrogens is 960 g/mol. The molecule has 0 aliphatic rings. The molecule has 9 heteroatoms. The van der Waals surface area contributed by atoms with E-state index in [1.165, 1.54) is 0 Å². The van der Waals surface area contributed by atoms with Gasteiger partial charge >= 0.3 is 0 Å². The van der Waals surface area contributed by atoms with Crippen LogP contribution in [0.1, 0.15) is 0 Å². The van der Waals surface area contributed by atoms with Crippen LogP contribution in [0, 0.1) is 3.57 Å². The Morgan fingerprint density at radius 3 is 0.957 bits per heavy atom. The van der Waals surface area contributed by atoms with Gasteiger partial charge in [-0.15, -0.1) is 0 Å². The topological polar surface area (TPSA) is 87.2 Å². The maximum absolute atomic E-state index is 5.11. The van der Waals surface area contributed by atoms with Crippen molar-refractivity contribution in [2.45, 2.75) is 0 Å². The summed E-state index contributed by atoms with van der Waals surface area (Å²) in [4.78, 5) is 30.3. The highest BCUT2D eigenvalue weighted by atomic mass is 127. The van der Waals surface area contributed by atoms with E-state index < -0.39 is 0 Å². The van der Waals surface area contributed by atoms with Crippen molar-refractivity contribution in [1.82, 2.24) is 39.0 Å². The number of hydrogen-bond donors (Lipinski definition) is 0. The van der Waals surface area contributed by atoms with Crippen molar-refractivity contribution in [3.05, 3.63) is 228 Å². The molecule has 69 heavy (non-hydrogen) atoms. The lowest BCUT2D eigenvalue weighted by Crippen LogP contribution is -2.01. The fourth-order valence-corrected chi connectivity index (χ4v) is 10.0. The minimum Gasteiger partial charge on any atom is -0.309 e. The molecule has 0 bridgehead atoms. The van der Waals surface area contributed by atoms with Crippen LogP contribution in [-0.2, 0) is 0 Å². The first-order valence-electron chi connectivity index (χ1n) is 22.7. The van der Waals surface area contributed by atoms with E-state index in [0.29, 0.717) is 34.9 Å². The minimum absolute atomic E-state index is 0.609. The third-order valence-corrected chi connectivity index (χ3v) is 13.3. The van der Waals surface area contributed by atoms with E-state index in [4.69, 9.17) is 29.9 Å². The molecule has 0 saturated carbocycles. The first kappa shape index (κ1) is 40.6. The summed E-state index contributed by atoms with van der Waals surface area (Å²) in [5.74, 6) is 3.73. The Morgan fingerprint density at radius 1 is 0.246 bits per heavy atom. The normalized spacial score (nSPS) is 11.6. The first-order valence-corrected chi connectivity index (χ1v) is 23.8. The molecule has 13 rings (SSSR count). The first-order chi connectivity index (χ1) is 34.1. The van der Waals surface area contributed by atoms with Crippen molar-refractivity contribution in [3.8, 4) is 79.7 Å². The van der Waals surface area contributed by atoms with Crippen molar-refractivity contribution in [2.24, 2.45) is 0 Å². The summed E-state index contributed by atoms with van der Waals surface area (Å²) in [7, 11) is 0. The highest BCUT2D eigenvalue weighted by Gasteiger charge is 2.21.